The molecule has 0 aliphatic carbocycles. The van der Waals surface area contributed by atoms with Crippen molar-refractivity contribution in [1.29, 1.82) is 0 Å². The number of fused-ring (bicyclic) bond motifs is 1. The van der Waals surface area contributed by atoms with E-state index in [1.165, 1.54) is 6.33 Å². The number of piperazine rings is 1. The molecule has 0 spiro atoms. The average Bonchev–Trinajstić information content (AvgIpc) is 2.84. The first kappa shape index (κ1) is 21.0. The Hall–Kier alpha value is -3.91. The lowest BCUT2D eigenvalue weighted by atomic mass is 10.1. The van der Waals surface area contributed by atoms with Crippen LogP contribution in [0.2, 0.25) is 5.02 Å². The third kappa shape index (κ3) is 4.25. The highest BCUT2D eigenvalue weighted by Gasteiger charge is 2.31. The molecule has 3 aromatic carbocycles. The van der Waals surface area contributed by atoms with E-state index in [0.717, 1.165) is 16.5 Å². The van der Waals surface area contributed by atoms with E-state index in [-0.39, 0.29) is 17.4 Å². The molecule has 8 nitrogen and oxygen atoms in total. The molecular formula is C24H20ClN5O3. The minimum absolute atomic E-state index is 0.0707. The van der Waals surface area contributed by atoms with Crippen LogP contribution in [-0.4, -0.2) is 41.1 Å². The summed E-state index contributed by atoms with van der Waals surface area (Å²) in [5.74, 6) is 0.696. The second kappa shape index (κ2) is 8.91. The zero-order valence-corrected chi connectivity index (χ0v) is 18.4. The first-order valence-electron chi connectivity index (χ1n) is 10.5. The third-order valence-electron chi connectivity index (χ3n) is 5.66. The van der Waals surface area contributed by atoms with Crippen molar-refractivity contribution in [1.82, 2.24) is 9.97 Å². The normalized spacial score (nSPS) is 13.8. The van der Waals surface area contributed by atoms with E-state index >= 15 is 0 Å². The maximum atomic E-state index is 12.1. The molecule has 0 saturated carbocycles. The summed E-state index contributed by atoms with van der Waals surface area (Å²) in [4.78, 5) is 24.0. The highest BCUT2D eigenvalue weighted by molar-refractivity contribution is 6.30. The quantitative estimate of drug-likeness (QED) is 0.294. The number of hydrogen-bond donors (Lipinski definition) is 0. The van der Waals surface area contributed by atoms with E-state index in [0.29, 0.717) is 37.0 Å². The van der Waals surface area contributed by atoms with Crippen LogP contribution in [0, 0.1) is 10.1 Å². The Morgan fingerprint density at radius 3 is 2.42 bits per heavy atom. The number of halogens is 1. The summed E-state index contributed by atoms with van der Waals surface area (Å²) in [5.41, 5.74) is 0.793. The maximum Gasteiger partial charge on any atom is 0.373 e. The second-order valence-corrected chi connectivity index (χ2v) is 8.08. The van der Waals surface area contributed by atoms with Crippen LogP contribution in [0.3, 0.4) is 0 Å². The Bertz CT molecular complexity index is 1320. The Labute approximate surface area is 195 Å². The van der Waals surface area contributed by atoms with E-state index in [4.69, 9.17) is 16.3 Å². The van der Waals surface area contributed by atoms with Gasteiger partial charge in [-0.2, -0.15) is 4.98 Å². The number of benzene rings is 3. The molecule has 1 fully saturated rings. The van der Waals surface area contributed by atoms with Crippen LogP contribution in [0.15, 0.2) is 73.1 Å². The summed E-state index contributed by atoms with van der Waals surface area (Å²) in [5, 5.41) is 14.6. The van der Waals surface area contributed by atoms with Gasteiger partial charge in [-0.3, -0.25) is 10.1 Å². The van der Waals surface area contributed by atoms with Crippen molar-refractivity contribution in [2.75, 3.05) is 36.0 Å². The van der Waals surface area contributed by atoms with E-state index < -0.39 is 4.92 Å². The van der Waals surface area contributed by atoms with Gasteiger partial charge in [0.2, 0.25) is 5.82 Å². The van der Waals surface area contributed by atoms with Crippen molar-refractivity contribution in [3.05, 3.63) is 88.2 Å². The number of hydrogen-bond acceptors (Lipinski definition) is 7. The third-order valence-corrected chi connectivity index (χ3v) is 5.90. The number of nitrogens with zero attached hydrogens (tertiary/aromatic N) is 5. The number of ether oxygens (including phenoxy) is 1. The van der Waals surface area contributed by atoms with Crippen molar-refractivity contribution < 1.29 is 9.66 Å². The lowest BCUT2D eigenvalue weighted by molar-refractivity contribution is -0.385. The van der Waals surface area contributed by atoms with Crippen LogP contribution in [-0.2, 0) is 0 Å². The SMILES string of the molecule is O=[N+]([O-])c1c(Oc2cccc3ccccc23)ncnc1N1CCN(c2cccc(Cl)c2)CC1. The van der Waals surface area contributed by atoms with Crippen LogP contribution in [0.25, 0.3) is 10.8 Å². The molecule has 0 bridgehead atoms. The lowest BCUT2D eigenvalue weighted by Crippen LogP contribution is -2.47. The van der Waals surface area contributed by atoms with Gasteiger partial charge in [0.25, 0.3) is 0 Å². The summed E-state index contributed by atoms with van der Waals surface area (Å²) in [6, 6.07) is 21.0. The molecule has 1 aliphatic rings. The summed E-state index contributed by atoms with van der Waals surface area (Å²) in [6.07, 6.45) is 1.31. The zero-order valence-electron chi connectivity index (χ0n) is 17.6. The fourth-order valence-electron chi connectivity index (χ4n) is 4.06. The maximum absolute atomic E-state index is 12.1. The number of aromatic nitrogens is 2. The summed E-state index contributed by atoms with van der Waals surface area (Å²) in [7, 11) is 0. The van der Waals surface area contributed by atoms with Gasteiger partial charge in [0.1, 0.15) is 12.1 Å². The van der Waals surface area contributed by atoms with Crippen LogP contribution < -0.4 is 14.5 Å². The molecule has 1 aromatic heterocycles. The molecule has 1 aliphatic heterocycles. The van der Waals surface area contributed by atoms with Gasteiger partial charge in [0, 0.05) is 42.3 Å². The van der Waals surface area contributed by atoms with E-state index in [9.17, 15) is 10.1 Å². The van der Waals surface area contributed by atoms with Crippen LogP contribution in [0.1, 0.15) is 0 Å². The van der Waals surface area contributed by atoms with Crippen molar-refractivity contribution in [2.24, 2.45) is 0 Å². The average molecular weight is 462 g/mol. The van der Waals surface area contributed by atoms with Gasteiger partial charge >= 0.3 is 11.6 Å². The number of nitro groups is 1. The Balaban J connectivity index is 1.42. The highest BCUT2D eigenvalue weighted by atomic mass is 35.5. The fourth-order valence-corrected chi connectivity index (χ4v) is 4.24. The van der Waals surface area contributed by atoms with Crippen molar-refractivity contribution in [3.8, 4) is 11.6 Å². The number of anilines is 2. The van der Waals surface area contributed by atoms with Gasteiger partial charge in [0.15, 0.2) is 0 Å². The van der Waals surface area contributed by atoms with Gasteiger partial charge in [-0.1, -0.05) is 54.1 Å². The van der Waals surface area contributed by atoms with E-state index in [1.54, 1.807) is 6.07 Å². The minimum atomic E-state index is -0.473. The van der Waals surface area contributed by atoms with E-state index in [1.807, 2.05) is 65.6 Å². The molecule has 0 N–H and O–H groups in total. The standard InChI is InChI=1S/C24H20ClN5O3/c25-18-7-4-8-19(15-18)28-11-13-29(14-12-28)23-22(30(31)32)24(27-16-26-23)33-21-10-3-6-17-5-1-2-9-20(17)21/h1-10,15-16H,11-14H2. The van der Waals surface area contributed by atoms with E-state index in [2.05, 4.69) is 14.9 Å². The summed E-state index contributed by atoms with van der Waals surface area (Å²) in [6.45, 7) is 2.50. The largest absolute Gasteiger partial charge is 0.433 e. The van der Waals surface area contributed by atoms with Crippen LogP contribution in [0.4, 0.5) is 17.2 Å². The molecular weight excluding hydrogens is 442 g/mol. The predicted molar refractivity (Wildman–Crippen MR) is 129 cm³/mol. The molecule has 4 aromatic rings. The molecule has 0 amide bonds. The second-order valence-electron chi connectivity index (χ2n) is 7.64. The molecule has 0 atom stereocenters. The Morgan fingerprint density at radius 2 is 1.64 bits per heavy atom. The Kier molecular flexibility index (Phi) is 5.66. The van der Waals surface area contributed by atoms with Gasteiger partial charge in [-0.05, 0) is 29.7 Å². The molecule has 166 valence electrons. The molecule has 0 unspecified atom stereocenters. The van der Waals surface area contributed by atoms with Crippen LogP contribution in [0.5, 0.6) is 11.6 Å². The minimum Gasteiger partial charge on any atom is -0.433 e. The van der Waals surface area contributed by atoms with Gasteiger partial charge < -0.3 is 14.5 Å². The molecule has 2 heterocycles. The molecule has 33 heavy (non-hydrogen) atoms. The van der Waals surface area contributed by atoms with Gasteiger partial charge in [-0.15, -0.1) is 0 Å². The lowest BCUT2D eigenvalue weighted by Gasteiger charge is -2.36. The van der Waals surface area contributed by atoms with Gasteiger partial charge in [0.05, 0.1) is 4.92 Å². The fraction of sp³-hybridized carbons (Fsp3) is 0.167. The summed E-state index contributed by atoms with van der Waals surface area (Å²) < 4.78 is 5.97. The topological polar surface area (TPSA) is 84.6 Å². The number of rotatable bonds is 5. The van der Waals surface area contributed by atoms with Crippen molar-refractivity contribution in [3.63, 3.8) is 0 Å². The zero-order chi connectivity index (χ0) is 22.8. The monoisotopic (exact) mass is 461 g/mol. The van der Waals surface area contributed by atoms with Crippen molar-refractivity contribution in [2.45, 2.75) is 0 Å². The van der Waals surface area contributed by atoms with Crippen molar-refractivity contribution >= 4 is 39.6 Å². The molecule has 1 saturated heterocycles. The first-order chi connectivity index (χ1) is 16.1. The summed E-state index contributed by atoms with van der Waals surface area (Å²) >= 11 is 6.12. The van der Waals surface area contributed by atoms with Gasteiger partial charge in [-0.25, -0.2) is 4.98 Å². The predicted octanol–water partition coefficient (Wildman–Crippen LogP) is 5.31. The molecule has 9 heteroatoms. The highest BCUT2D eigenvalue weighted by Crippen LogP contribution is 2.38. The Morgan fingerprint density at radius 1 is 0.909 bits per heavy atom. The first-order valence-corrected chi connectivity index (χ1v) is 10.9. The molecule has 5 rings (SSSR count). The molecule has 0 radical (unpaired) electrons. The smallest absolute Gasteiger partial charge is 0.373 e. The van der Waals surface area contributed by atoms with Crippen LogP contribution >= 0.6 is 11.6 Å².